The number of amides is 1. The van der Waals surface area contributed by atoms with Gasteiger partial charge in [-0.3, -0.25) is 9.36 Å². The number of ether oxygens (including phenoxy) is 2. The van der Waals surface area contributed by atoms with E-state index in [0.29, 0.717) is 22.0 Å². The molecule has 1 unspecified atom stereocenters. The maximum Gasteiger partial charge on any atom is 0.341 e. The van der Waals surface area contributed by atoms with E-state index in [4.69, 9.17) is 9.47 Å². The number of nitrogens with zero attached hydrogens (tertiary/aromatic N) is 3. The summed E-state index contributed by atoms with van der Waals surface area (Å²) in [5, 5.41) is 12.1. The van der Waals surface area contributed by atoms with Gasteiger partial charge >= 0.3 is 11.9 Å². The monoisotopic (exact) mass is 528 g/mol. The van der Waals surface area contributed by atoms with E-state index in [9.17, 15) is 14.4 Å². The molecule has 1 aliphatic carbocycles. The van der Waals surface area contributed by atoms with Gasteiger partial charge in [0.15, 0.2) is 11.8 Å². The minimum absolute atomic E-state index is 0.249. The lowest BCUT2D eigenvalue weighted by molar-refractivity contribution is -0.119. The Morgan fingerprint density at radius 1 is 1.17 bits per heavy atom. The van der Waals surface area contributed by atoms with Crippen LogP contribution in [0.5, 0.6) is 0 Å². The van der Waals surface area contributed by atoms with Crippen molar-refractivity contribution >= 4 is 45.9 Å². The van der Waals surface area contributed by atoms with Crippen molar-refractivity contribution in [3.8, 4) is 5.69 Å². The van der Waals surface area contributed by atoms with Crippen LogP contribution in [-0.2, 0) is 27.1 Å². The second-order valence-corrected chi connectivity index (χ2v) is 10.4. The molecule has 1 atom stereocenters. The third-order valence-electron chi connectivity index (χ3n) is 5.92. The van der Waals surface area contributed by atoms with Crippen LogP contribution in [-0.4, -0.2) is 52.1 Å². The number of benzene rings is 1. The highest BCUT2D eigenvalue weighted by Gasteiger charge is 2.29. The molecule has 0 saturated heterocycles. The van der Waals surface area contributed by atoms with E-state index < -0.39 is 24.5 Å². The topological polar surface area (TPSA) is 112 Å². The van der Waals surface area contributed by atoms with Crippen molar-refractivity contribution in [3.63, 3.8) is 0 Å². The lowest BCUT2D eigenvalue weighted by Crippen LogP contribution is -2.22. The molecule has 0 saturated carbocycles. The fourth-order valence-corrected chi connectivity index (χ4v) is 6.11. The summed E-state index contributed by atoms with van der Waals surface area (Å²) in [4.78, 5) is 38.9. The highest BCUT2D eigenvalue weighted by molar-refractivity contribution is 7.98. The predicted octanol–water partition coefficient (Wildman–Crippen LogP) is 4.46. The molecular weight excluding hydrogens is 500 g/mol. The lowest BCUT2D eigenvalue weighted by atomic mass is 9.88. The largest absolute Gasteiger partial charge is 0.462 e. The summed E-state index contributed by atoms with van der Waals surface area (Å²) < 4.78 is 12.4. The zero-order chi connectivity index (χ0) is 25.8. The zero-order valence-corrected chi connectivity index (χ0v) is 22.3. The van der Waals surface area contributed by atoms with Crippen molar-refractivity contribution in [2.75, 3.05) is 24.8 Å². The second kappa shape index (κ2) is 11.3. The summed E-state index contributed by atoms with van der Waals surface area (Å²) in [5.74, 6) is -0.319. The Kier molecular flexibility index (Phi) is 8.10. The van der Waals surface area contributed by atoms with Crippen molar-refractivity contribution in [1.29, 1.82) is 0 Å². The summed E-state index contributed by atoms with van der Waals surface area (Å²) >= 11 is 2.87. The fourth-order valence-electron chi connectivity index (χ4n) is 4.15. The molecule has 1 N–H and O–H groups in total. The van der Waals surface area contributed by atoms with Gasteiger partial charge < -0.3 is 14.8 Å². The van der Waals surface area contributed by atoms with E-state index in [1.165, 1.54) is 23.1 Å². The van der Waals surface area contributed by atoms with Crippen molar-refractivity contribution in [1.82, 2.24) is 14.8 Å². The molecule has 3 aromatic rings. The highest BCUT2D eigenvalue weighted by atomic mass is 32.2. The first-order chi connectivity index (χ1) is 17.3. The van der Waals surface area contributed by atoms with Crippen LogP contribution < -0.4 is 5.32 Å². The Labute approximate surface area is 217 Å². The molecule has 1 aliphatic rings. The summed E-state index contributed by atoms with van der Waals surface area (Å²) in [6.45, 7) is 5.55. The number of hydrogen-bond donors (Lipinski definition) is 1. The minimum Gasteiger partial charge on any atom is -0.462 e. The maximum absolute atomic E-state index is 12.6. The Balaban J connectivity index is 1.41. The van der Waals surface area contributed by atoms with Crippen molar-refractivity contribution < 1.29 is 23.9 Å². The molecule has 9 nitrogen and oxygen atoms in total. The molecule has 2 aromatic heterocycles. The number of carbonyl (C=O) groups is 3. The number of hydrogen-bond acceptors (Lipinski definition) is 9. The quantitative estimate of drug-likeness (QED) is 0.337. The Morgan fingerprint density at radius 2 is 1.92 bits per heavy atom. The summed E-state index contributed by atoms with van der Waals surface area (Å²) in [6, 6.07) is 6.81. The predicted molar refractivity (Wildman–Crippen MR) is 138 cm³/mol. The number of thiophene rings is 1. The van der Waals surface area contributed by atoms with Gasteiger partial charge in [-0.05, 0) is 75.1 Å². The molecule has 36 heavy (non-hydrogen) atoms. The van der Waals surface area contributed by atoms with Crippen LogP contribution in [0.1, 0.15) is 57.2 Å². The van der Waals surface area contributed by atoms with Crippen molar-refractivity contribution in [2.45, 2.75) is 45.2 Å². The average molecular weight is 529 g/mol. The highest BCUT2D eigenvalue weighted by Crippen LogP contribution is 2.40. The van der Waals surface area contributed by atoms with Crippen LogP contribution in [0.25, 0.3) is 5.69 Å². The van der Waals surface area contributed by atoms with E-state index in [0.717, 1.165) is 46.4 Å². The van der Waals surface area contributed by atoms with Gasteiger partial charge in [-0.1, -0.05) is 18.7 Å². The number of fused-ring (bicyclic) bond motifs is 1. The number of thioether (sulfide) groups is 1. The van der Waals surface area contributed by atoms with Crippen LogP contribution in [0.4, 0.5) is 5.00 Å². The SMILES string of the molecule is CCOC(=O)c1c(NC(=O)COC(=O)c2ccc(-n3c(C)nnc3SC)cc2)sc2c1CCC(C)C2. The summed E-state index contributed by atoms with van der Waals surface area (Å²) in [6.07, 6.45) is 4.53. The first kappa shape index (κ1) is 25.9. The van der Waals surface area contributed by atoms with Crippen LogP contribution in [0.3, 0.4) is 0 Å². The van der Waals surface area contributed by atoms with Crippen LogP contribution >= 0.6 is 23.1 Å². The number of aromatic nitrogens is 3. The standard InChI is InChI=1S/C25H28N4O5S2/c1-5-33-24(32)21-18-11-6-14(2)12-19(18)36-22(21)26-20(30)13-34-23(31)16-7-9-17(10-8-16)29-15(3)27-28-25(29)35-4/h7-10,14H,5-6,11-13H2,1-4H3,(H,26,30). The molecule has 0 aliphatic heterocycles. The van der Waals surface area contributed by atoms with Gasteiger partial charge in [0, 0.05) is 10.6 Å². The van der Waals surface area contributed by atoms with E-state index in [1.54, 1.807) is 31.2 Å². The molecule has 0 spiro atoms. The van der Waals surface area contributed by atoms with Crippen LogP contribution in [0, 0.1) is 12.8 Å². The number of esters is 2. The van der Waals surface area contributed by atoms with Crippen molar-refractivity contribution in [2.24, 2.45) is 5.92 Å². The molecule has 0 fully saturated rings. The molecule has 1 aromatic carbocycles. The summed E-state index contributed by atoms with van der Waals surface area (Å²) in [7, 11) is 0. The van der Waals surface area contributed by atoms with Crippen molar-refractivity contribution in [3.05, 3.63) is 51.7 Å². The minimum atomic E-state index is -0.618. The van der Waals surface area contributed by atoms with Gasteiger partial charge in [0.2, 0.25) is 0 Å². The van der Waals surface area contributed by atoms with Gasteiger partial charge in [0.25, 0.3) is 5.91 Å². The summed E-state index contributed by atoms with van der Waals surface area (Å²) in [5.41, 5.74) is 2.51. The number of anilines is 1. The number of carbonyl (C=O) groups excluding carboxylic acids is 3. The first-order valence-corrected chi connectivity index (χ1v) is 13.7. The third kappa shape index (κ3) is 5.46. The Hall–Kier alpha value is -3.18. The van der Waals surface area contributed by atoms with E-state index in [2.05, 4.69) is 22.4 Å². The molecule has 4 rings (SSSR count). The van der Waals surface area contributed by atoms with Gasteiger partial charge in [-0.15, -0.1) is 21.5 Å². The molecule has 0 radical (unpaired) electrons. The molecule has 190 valence electrons. The average Bonchev–Trinajstić information content (AvgIpc) is 3.41. The normalized spacial score (nSPS) is 14.7. The Morgan fingerprint density at radius 3 is 2.61 bits per heavy atom. The smallest absolute Gasteiger partial charge is 0.341 e. The number of rotatable bonds is 8. The second-order valence-electron chi connectivity index (χ2n) is 8.52. The number of aryl methyl sites for hydroxylation is 1. The third-order valence-corrected chi connectivity index (χ3v) is 7.72. The van der Waals surface area contributed by atoms with E-state index in [-0.39, 0.29) is 6.61 Å². The van der Waals surface area contributed by atoms with E-state index in [1.807, 2.05) is 17.7 Å². The maximum atomic E-state index is 12.6. The van der Waals surface area contributed by atoms with E-state index >= 15 is 0 Å². The molecule has 2 heterocycles. The molecule has 1 amide bonds. The van der Waals surface area contributed by atoms with Gasteiger partial charge in [0.05, 0.1) is 17.7 Å². The Bertz CT molecular complexity index is 1280. The van der Waals surface area contributed by atoms with Gasteiger partial charge in [0.1, 0.15) is 10.8 Å². The molecule has 11 heteroatoms. The van der Waals surface area contributed by atoms with Gasteiger partial charge in [-0.2, -0.15) is 0 Å². The lowest BCUT2D eigenvalue weighted by Gasteiger charge is -2.18. The van der Waals surface area contributed by atoms with Gasteiger partial charge in [-0.25, -0.2) is 9.59 Å². The first-order valence-electron chi connectivity index (χ1n) is 11.7. The molecular formula is C25H28N4O5S2. The zero-order valence-electron chi connectivity index (χ0n) is 20.6. The van der Waals surface area contributed by atoms with Crippen LogP contribution in [0.2, 0.25) is 0 Å². The molecule has 0 bridgehead atoms. The van der Waals surface area contributed by atoms with Crippen LogP contribution in [0.15, 0.2) is 29.4 Å². The fraction of sp³-hybridized carbons (Fsp3) is 0.400. The number of nitrogens with one attached hydrogen (secondary N) is 1.